The van der Waals surface area contributed by atoms with E-state index in [9.17, 15) is 4.79 Å². The number of fused-ring (bicyclic) bond motifs is 1. The van der Waals surface area contributed by atoms with Crippen molar-refractivity contribution in [1.82, 2.24) is 20.2 Å². The molecule has 3 heterocycles. The maximum Gasteiger partial charge on any atom is 0.261 e. The molecule has 0 radical (unpaired) electrons. The normalized spacial score (nSPS) is 14.8. The lowest BCUT2D eigenvalue weighted by atomic mass is 10.1. The van der Waals surface area contributed by atoms with E-state index in [-0.39, 0.29) is 5.91 Å². The number of thiophene rings is 1. The van der Waals surface area contributed by atoms with Crippen molar-refractivity contribution in [2.24, 2.45) is 0 Å². The Morgan fingerprint density at radius 2 is 1.90 bits per heavy atom. The summed E-state index contributed by atoms with van der Waals surface area (Å²) >= 11 is 1.47. The predicted molar refractivity (Wildman–Crippen MR) is 128 cm³/mol. The highest BCUT2D eigenvalue weighted by Crippen LogP contribution is 2.35. The smallest absolute Gasteiger partial charge is 0.261 e. The van der Waals surface area contributed by atoms with Crippen LogP contribution in [0, 0.1) is 6.92 Å². The van der Waals surface area contributed by atoms with Crippen LogP contribution in [0.3, 0.4) is 0 Å². The van der Waals surface area contributed by atoms with Crippen LogP contribution in [0.4, 0.5) is 5.82 Å². The molecule has 1 N–H and O–H groups in total. The van der Waals surface area contributed by atoms with Gasteiger partial charge in [0.25, 0.3) is 5.91 Å². The van der Waals surface area contributed by atoms with E-state index in [1.54, 1.807) is 6.33 Å². The van der Waals surface area contributed by atoms with Crippen LogP contribution in [0.5, 0.6) is 0 Å². The van der Waals surface area contributed by atoms with Gasteiger partial charge in [0.05, 0.1) is 10.3 Å². The molecule has 1 saturated heterocycles. The molecule has 31 heavy (non-hydrogen) atoms. The third-order valence-electron chi connectivity index (χ3n) is 5.90. The third-order valence-corrected chi connectivity index (χ3v) is 7.09. The monoisotopic (exact) mass is 437 g/mol. The van der Waals surface area contributed by atoms with Gasteiger partial charge in [0, 0.05) is 32.7 Å². The quantitative estimate of drug-likeness (QED) is 0.542. The van der Waals surface area contributed by atoms with E-state index in [1.165, 1.54) is 23.3 Å². The molecule has 0 atom stereocenters. The first kappa shape index (κ1) is 21.7. The number of benzene rings is 1. The second kappa shape index (κ2) is 10.2. The van der Waals surface area contributed by atoms with Gasteiger partial charge in [-0.25, -0.2) is 9.97 Å². The Hall–Kier alpha value is -2.51. The molecule has 0 saturated carbocycles. The van der Waals surface area contributed by atoms with Crippen molar-refractivity contribution in [3.05, 3.63) is 52.7 Å². The summed E-state index contributed by atoms with van der Waals surface area (Å²) in [7, 11) is 0. The van der Waals surface area contributed by atoms with Crippen molar-refractivity contribution in [2.75, 3.05) is 44.2 Å². The fourth-order valence-corrected chi connectivity index (χ4v) is 5.29. The van der Waals surface area contributed by atoms with Crippen molar-refractivity contribution < 1.29 is 4.79 Å². The fraction of sp³-hybridized carbons (Fsp3) is 0.458. The minimum atomic E-state index is -0.00715. The molecule has 1 amide bonds. The molecule has 0 spiro atoms. The van der Waals surface area contributed by atoms with E-state index in [1.807, 2.05) is 13.0 Å². The number of hydrogen-bond donors (Lipinski definition) is 1. The number of carbonyl (C=O) groups excluding carboxylic acids is 1. The lowest BCUT2D eigenvalue weighted by molar-refractivity contribution is 0.0957. The Balaban J connectivity index is 1.43. The van der Waals surface area contributed by atoms with Crippen LogP contribution in [0.2, 0.25) is 0 Å². The molecule has 1 aliphatic heterocycles. The molecule has 1 aliphatic rings. The number of nitrogens with one attached hydrogen (secondary N) is 1. The van der Waals surface area contributed by atoms with Crippen molar-refractivity contribution in [3.8, 4) is 0 Å². The molecule has 164 valence electrons. The van der Waals surface area contributed by atoms with Crippen molar-refractivity contribution in [3.63, 3.8) is 0 Å². The van der Waals surface area contributed by atoms with Crippen LogP contribution < -0.4 is 10.2 Å². The van der Waals surface area contributed by atoms with E-state index in [2.05, 4.69) is 56.3 Å². The standard InChI is InChI=1S/C24H31N5OS/c1-3-12-28-13-15-29(16-14-28)22-20-18(2)21(31-24(20)27-17-26-22)23(30)25-11-7-10-19-8-5-4-6-9-19/h4-6,8-9,17H,3,7,10-16H2,1-2H3,(H,25,30). The van der Waals surface area contributed by atoms with Gasteiger partial charge in [0.15, 0.2) is 0 Å². The van der Waals surface area contributed by atoms with E-state index >= 15 is 0 Å². The second-order valence-electron chi connectivity index (χ2n) is 8.11. The average molecular weight is 438 g/mol. The summed E-state index contributed by atoms with van der Waals surface area (Å²) in [6.45, 7) is 10.1. The van der Waals surface area contributed by atoms with E-state index < -0.39 is 0 Å². The number of nitrogens with zero attached hydrogens (tertiary/aromatic N) is 4. The third kappa shape index (κ3) is 5.05. The van der Waals surface area contributed by atoms with Crippen molar-refractivity contribution >= 4 is 33.3 Å². The van der Waals surface area contributed by atoms with Crippen LogP contribution in [0.1, 0.15) is 40.6 Å². The first-order valence-corrected chi connectivity index (χ1v) is 12.0. The molecule has 3 aromatic rings. The summed E-state index contributed by atoms with van der Waals surface area (Å²) < 4.78 is 0. The van der Waals surface area contributed by atoms with Gasteiger partial charge >= 0.3 is 0 Å². The molecule has 4 rings (SSSR count). The van der Waals surface area contributed by atoms with Gasteiger partial charge in [-0.05, 0) is 43.9 Å². The molecule has 6 nitrogen and oxygen atoms in total. The van der Waals surface area contributed by atoms with Gasteiger partial charge in [0.2, 0.25) is 0 Å². The maximum atomic E-state index is 12.9. The molecule has 0 bridgehead atoms. The topological polar surface area (TPSA) is 61.4 Å². The summed E-state index contributed by atoms with van der Waals surface area (Å²) in [5.74, 6) is 0.963. The average Bonchev–Trinajstić information content (AvgIpc) is 3.15. The molecular weight excluding hydrogens is 406 g/mol. The van der Waals surface area contributed by atoms with Gasteiger partial charge in [-0.1, -0.05) is 37.3 Å². The van der Waals surface area contributed by atoms with Crippen LogP contribution in [0.15, 0.2) is 36.7 Å². The number of amides is 1. The summed E-state index contributed by atoms with van der Waals surface area (Å²) in [6, 6.07) is 10.4. The minimum Gasteiger partial charge on any atom is -0.353 e. The molecular formula is C24H31N5OS. The second-order valence-corrected chi connectivity index (χ2v) is 9.11. The van der Waals surface area contributed by atoms with E-state index in [0.717, 1.165) is 72.0 Å². The molecule has 1 aromatic carbocycles. The largest absolute Gasteiger partial charge is 0.353 e. The first-order valence-electron chi connectivity index (χ1n) is 11.2. The zero-order valence-corrected chi connectivity index (χ0v) is 19.2. The van der Waals surface area contributed by atoms with Gasteiger partial charge in [-0.15, -0.1) is 11.3 Å². The number of anilines is 1. The number of carbonyl (C=O) groups is 1. The number of hydrogen-bond acceptors (Lipinski definition) is 6. The predicted octanol–water partition coefficient (Wildman–Crippen LogP) is 3.89. The van der Waals surface area contributed by atoms with Gasteiger partial charge in [-0.3, -0.25) is 9.69 Å². The lowest BCUT2D eigenvalue weighted by Crippen LogP contribution is -2.46. The first-order chi connectivity index (χ1) is 15.2. The van der Waals surface area contributed by atoms with Crippen LogP contribution in [-0.2, 0) is 6.42 Å². The Labute approximate surface area is 188 Å². The maximum absolute atomic E-state index is 12.9. The van der Waals surface area contributed by atoms with E-state index in [0.29, 0.717) is 6.54 Å². The highest BCUT2D eigenvalue weighted by molar-refractivity contribution is 7.20. The number of piperazine rings is 1. The van der Waals surface area contributed by atoms with Crippen LogP contribution in [0.25, 0.3) is 10.2 Å². The zero-order valence-electron chi connectivity index (χ0n) is 18.4. The SMILES string of the molecule is CCCN1CCN(c2ncnc3sc(C(=O)NCCCc4ccccc4)c(C)c23)CC1. The summed E-state index contributed by atoms with van der Waals surface area (Å²) in [5, 5.41) is 4.13. The Bertz CT molecular complexity index is 1010. The Morgan fingerprint density at radius 1 is 1.13 bits per heavy atom. The van der Waals surface area contributed by atoms with Crippen molar-refractivity contribution in [1.29, 1.82) is 0 Å². The highest BCUT2D eigenvalue weighted by Gasteiger charge is 2.24. The molecule has 0 unspecified atom stereocenters. The molecule has 0 aliphatic carbocycles. The lowest BCUT2D eigenvalue weighted by Gasteiger charge is -2.35. The minimum absolute atomic E-state index is 0.00715. The summed E-state index contributed by atoms with van der Waals surface area (Å²) in [6.07, 6.45) is 4.71. The molecule has 7 heteroatoms. The Kier molecular flexibility index (Phi) is 7.14. The van der Waals surface area contributed by atoms with Crippen molar-refractivity contribution in [2.45, 2.75) is 33.1 Å². The van der Waals surface area contributed by atoms with Gasteiger partial charge in [0.1, 0.15) is 17.0 Å². The van der Waals surface area contributed by atoms with Crippen LogP contribution >= 0.6 is 11.3 Å². The Morgan fingerprint density at radius 3 is 2.65 bits per heavy atom. The van der Waals surface area contributed by atoms with Gasteiger partial charge in [-0.2, -0.15) is 0 Å². The highest BCUT2D eigenvalue weighted by atomic mass is 32.1. The van der Waals surface area contributed by atoms with E-state index in [4.69, 9.17) is 0 Å². The molecule has 1 fully saturated rings. The zero-order chi connectivity index (χ0) is 21.6. The summed E-state index contributed by atoms with van der Waals surface area (Å²) in [4.78, 5) is 28.5. The summed E-state index contributed by atoms with van der Waals surface area (Å²) in [5.41, 5.74) is 2.29. The fourth-order valence-electron chi connectivity index (χ4n) is 4.23. The number of rotatable bonds is 8. The molecule has 2 aromatic heterocycles. The van der Waals surface area contributed by atoms with Gasteiger partial charge < -0.3 is 10.2 Å². The van der Waals surface area contributed by atoms with Crippen LogP contribution in [-0.4, -0.2) is 60.0 Å². The number of aryl methyl sites for hydroxylation is 2. The number of aromatic nitrogens is 2.